The van der Waals surface area contributed by atoms with Crippen LogP contribution in [0.25, 0.3) is 6.08 Å². The van der Waals surface area contributed by atoms with Gasteiger partial charge >= 0.3 is 0 Å². The van der Waals surface area contributed by atoms with Crippen molar-refractivity contribution in [3.63, 3.8) is 0 Å². The van der Waals surface area contributed by atoms with Crippen LogP contribution in [-0.2, 0) is 4.79 Å². The second-order valence-electron chi connectivity index (χ2n) is 7.13. The molecule has 3 rings (SSSR count). The average Bonchev–Trinajstić information content (AvgIpc) is 3.17. The van der Waals surface area contributed by atoms with Crippen molar-refractivity contribution < 1.29 is 14.0 Å². The number of hydrogen-bond donors (Lipinski definition) is 2. The maximum atomic E-state index is 12.8. The van der Waals surface area contributed by atoms with Crippen LogP contribution in [-0.4, -0.2) is 17.9 Å². The summed E-state index contributed by atoms with van der Waals surface area (Å²) in [6.07, 6.45) is 8.51. The van der Waals surface area contributed by atoms with Crippen molar-refractivity contribution in [2.24, 2.45) is 0 Å². The maximum absolute atomic E-state index is 12.8. The van der Waals surface area contributed by atoms with Crippen LogP contribution in [0.4, 0.5) is 0 Å². The highest BCUT2D eigenvalue weighted by Crippen LogP contribution is 2.18. The first-order valence-corrected chi connectivity index (χ1v) is 9.47. The molecule has 0 radical (unpaired) electrons. The molecule has 0 bridgehead atoms. The topological polar surface area (TPSA) is 71.3 Å². The minimum absolute atomic E-state index is 0.157. The summed E-state index contributed by atoms with van der Waals surface area (Å²) >= 11 is 0. The van der Waals surface area contributed by atoms with E-state index in [9.17, 15) is 9.59 Å². The van der Waals surface area contributed by atoms with Crippen molar-refractivity contribution in [2.75, 3.05) is 0 Å². The standard InChI is InChI=1S/C22H26N2O3/c1-15-10-11-17(13-16(15)2)21(25)24-20(14-19-9-6-12-27-19)22(26)23-18-7-4-3-5-8-18/h6,9-14,18H,3-5,7-8H2,1-2H3,(H,23,26)(H,24,25)/b20-14-. The number of aryl methyl sites for hydroxylation is 2. The second kappa shape index (κ2) is 8.71. The van der Waals surface area contributed by atoms with Gasteiger partial charge in [-0.1, -0.05) is 25.3 Å². The Bertz CT molecular complexity index is 831. The predicted octanol–water partition coefficient (Wildman–Crippen LogP) is 4.12. The van der Waals surface area contributed by atoms with Gasteiger partial charge in [-0.15, -0.1) is 0 Å². The molecule has 0 spiro atoms. The molecule has 2 amide bonds. The Balaban J connectivity index is 1.78. The third-order valence-corrected chi connectivity index (χ3v) is 5.03. The highest BCUT2D eigenvalue weighted by Gasteiger charge is 2.20. The third kappa shape index (κ3) is 5.09. The maximum Gasteiger partial charge on any atom is 0.268 e. The summed E-state index contributed by atoms with van der Waals surface area (Å²) in [6, 6.07) is 9.14. The third-order valence-electron chi connectivity index (χ3n) is 5.03. The fourth-order valence-electron chi connectivity index (χ4n) is 3.26. The summed E-state index contributed by atoms with van der Waals surface area (Å²) in [5.74, 6) is -0.0747. The Labute approximate surface area is 159 Å². The smallest absolute Gasteiger partial charge is 0.268 e. The highest BCUT2D eigenvalue weighted by molar-refractivity contribution is 6.05. The lowest BCUT2D eigenvalue weighted by atomic mass is 9.95. The fraction of sp³-hybridized carbons (Fsp3) is 0.364. The molecule has 0 aliphatic heterocycles. The molecule has 0 unspecified atom stereocenters. The van der Waals surface area contributed by atoms with Crippen molar-refractivity contribution in [1.82, 2.24) is 10.6 Å². The number of carbonyl (C=O) groups is 2. The molecule has 1 aromatic heterocycles. The zero-order valence-corrected chi connectivity index (χ0v) is 15.9. The Hall–Kier alpha value is -2.82. The Morgan fingerprint density at radius 1 is 1.07 bits per heavy atom. The van der Waals surface area contributed by atoms with Gasteiger partial charge in [0.15, 0.2) is 0 Å². The van der Waals surface area contributed by atoms with E-state index in [1.165, 1.54) is 12.7 Å². The molecule has 0 atom stereocenters. The van der Waals surface area contributed by atoms with Crippen LogP contribution in [0, 0.1) is 13.8 Å². The molecule has 0 saturated heterocycles. The van der Waals surface area contributed by atoms with Gasteiger partial charge in [0.2, 0.25) is 0 Å². The van der Waals surface area contributed by atoms with Gasteiger partial charge in [0.1, 0.15) is 11.5 Å². The quantitative estimate of drug-likeness (QED) is 0.782. The first kappa shape index (κ1) is 19.0. The summed E-state index contributed by atoms with van der Waals surface area (Å²) in [6.45, 7) is 3.96. The van der Waals surface area contributed by atoms with E-state index in [-0.39, 0.29) is 23.6 Å². The molecule has 1 aliphatic carbocycles. The van der Waals surface area contributed by atoms with E-state index in [0.29, 0.717) is 11.3 Å². The first-order chi connectivity index (χ1) is 13.0. The van der Waals surface area contributed by atoms with Crippen molar-refractivity contribution in [1.29, 1.82) is 0 Å². The molecular formula is C22H26N2O3. The lowest BCUT2D eigenvalue weighted by Gasteiger charge is -2.23. The van der Waals surface area contributed by atoms with Gasteiger partial charge in [-0.05, 0) is 62.1 Å². The molecule has 142 valence electrons. The van der Waals surface area contributed by atoms with Crippen LogP contribution in [0.5, 0.6) is 0 Å². The van der Waals surface area contributed by atoms with Gasteiger partial charge in [-0.3, -0.25) is 9.59 Å². The molecule has 1 aromatic carbocycles. The van der Waals surface area contributed by atoms with Gasteiger partial charge < -0.3 is 15.1 Å². The van der Waals surface area contributed by atoms with Crippen LogP contribution in [0.15, 0.2) is 46.7 Å². The van der Waals surface area contributed by atoms with Crippen LogP contribution >= 0.6 is 0 Å². The number of furan rings is 1. The van der Waals surface area contributed by atoms with Crippen molar-refractivity contribution in [3.05, 3.63) is 64.7 Å². The van der Waals surface area contributed by atoms with Crippen molar-refractivity contribution >= 4 is 17.9 Å². The highest BCUT2D eigenvalue weighted by atomic mass is 16.3. The van der Waals surface area contributed by atoms with Gasteiger partial charge in [0, 0.05) is 17.7 Å². The molecule has 5 heteroatoms. The number of rotatable bonds is 5. The van der Waals surface area contributed by atoms with Gasteiger partial charge in [0.25, 0.3) is 11.8 Å². The second-order valence-corrected chi connectivity index (χ2v) is 7.13. The monoisotopic (exact) mass is 366 g/mol. The lowest BCUT2D eigenvalue weighted by Crippen LogP contribution is -2.41. The minimum Gasteiger partial charge on any atom is -0.465 e. The largest absolute Gasteiger partial charge is 0.465 e. The fourth-order valence-corrected chi connectivity index (χ4v) is 3.26. The molecule has 1 aliphatic rings. The molecule has 1 fully saturated rings. The van der Waals surface area contributed by atoms with Crippen LogP contribution in [0.3, 0.4) is 0 Å². The zero-order chi connectivity index (χ0) is 19.2. The van der Waals surface area contributed by atoms with E-state index in [1.54, 1.807) is 24.3 Å². The summed E-state index contributed by atoms with van der Waals surface area (Å²) in [7, 11) is 0. The van der Waals surface area contributed by atoms with E-state index < -0.39 is 0 Å². The summed E-state index contributed by atoms with van der Waals surface area (Å²) in [4.78, 5) is 25.5. The first-order valence-electron chi connectivity index (χ1n) is 9.47. The lowest BCUT2D eigenvalue weighted by molar-refractivity contribution is -0.118. The molecule has 2 N–H and O–H groups in total. The van der Waals surface area contributed by atoms with Crippen LogP contribution in [0.2, 0.25) is 0 Å². The number of hydrogen-bond acceptors (Lipinski definition) is 3. The molecular weight excluding hydrogens is 340 g/mol. The average molecular weight is 366 g/mol. The normalized spacial score (nSPS) is 15.4. The Morgan fingerprint density at radius 3 is 2.52 bits per heavy atom. The number of benzene rings is 1. The Morgan fingerprint density at radius 2 is 1.85 bits per heavy atom. The summed E-state index contributed by atoms with van der Waals surface area (Å²) in [5, 5.41) is 5.80. The molecule has 27 heavy (non-hydrogen) atoms. The summed E-state index contributed by atoms with van der Waals surface area (Å²) < 4.78 is 5.32. The van der Waals surface area contributed by atoms with Gasteiger partial charge in [0.05, 0.1) is 6.26 Å². The molecule has 5 nitrogen and oxygen atoms in total. The minimum atomic E-state index is -0.310. The van der Waals surface area contributed by atoms with E-state index in [2.05, 4.69) is 10.6 Å². The SMILES string of the molecule is Cc1ccc(C(=O)N/C(=C\c2ccco2)C(=O)NC2CCCCC2)cc1C. The number of carbonyl (C=O) groups excluding carboxylic acids is 2. The van der Waals surface area contributed by atoms with Crippen molar-refractivity contribution in [2.45, 2.75) is 52.0 Å². The van der Waals surface area contributed by atoms with Gasteiger partial charge in [-0.25, -0.2) is 0 Å². The van der Waals surface area contributed by atoms with Crippen LogP contribution < -0.4 is 10.6 Å². The predicted molar refractivity (Wildman–Crippen MR) is 105 cm³/mol. The summed E-state index contributed by atoms with van der Waals surface area (Å²) in [5.41, 5.74) is 2.87. The van der Waals surface area contributed by atoms with E-state index >= 15 is 0 Å². The zero-order valence-electron chi connectivity index (χ0n) is 15.9. The van der Waals surface area contributed by atoms with Gasteiger partial charge in [-0.2, -0.15) is 0 Å². The van der Waals surface area contributed by atoms with E-state index in [0.717, 1.165) is 36.8 Å². The van der Waals surface area contributed by atoms with E-state index in [4.69, 9.17) is 4.42 Å². The number of amides is 2. The van der Waals surface area contributed by atoms with Crippen molar-refractivity contribution in [3.8, 4) is 0 Å². The molecule has 2 aromatic rings. The Kier molecular flexibility index (Phi) is 6.12. The molecule has 1 saturated carbocycles. The number of nitrogens with one attached hydrogen (secondary N) is 2. The molecule has 1 heterocycles. The van der Waals surface area contributed by atoms with Crippen LogP contribution in [0.1, 0.15) is 59.3 Å². The van der Waals surface area contributed by atoms with E-state index in [1.807, 2.05) is 26.0 Å².